The molecule has 0 spiro atoms. The van der Waals surface area contributed by atoms with Crippen molar-refractivity contribution in [3.63, 3.8) is 0 Å². The van der Waals surface area contributed by atoms with E-state index in [0.29, 0.717) is 19.6 Å². The summed E-state index contributed by atoms with van der Waals surface area (Å²) in [5.41, 5.74) is 5.50. The molecular formula is C39H72N2O29. The molecule has 70 heavy (non-hydrogen) atoms. The highest BCUT2D eigenvalue weighted by Gasteiger charge is 2.52. The molecule has 0 saturated carbocycles. The van der Waals surface area contributed by atoms with Crippen LogP contribution in [0.1, 0.15) is 6.42 Å². The molecule has 5 saturated heterocycles. The van der Waals surface area contributed by atoms with Gasteiger partial charge in [-0.3, -0.25) is 0 Å². The Morgan fingerprint density at radius 2 is 0.686 bits per heavy atom. The topological polar surface area (TPSA) is 506 Å². The summed E-state index contributed by atoms with van der Waals surface area (Å²) in [6.45, 7) is -3.27. The number of nitrogens with zero attached hydrogens (tertiary/aromatic N) is 1. The van der Waals surface area contributed by atoms with Gasteiger partial charge >= 0.3 is 0 Å². The van der Waals surface area contributed by atoms with Gasteiger partial charge in [0.1, 0.15) is 134 Å². The van der Waals surface area contributed by atoms with Crippen LogP contribution < -0.4 is 5.73 Å². The number of rotatable bonds is 23. The number of ether oxygens (including phenoxy) is 10. The summed E-state index contributed by atoms with van der Waals surface area (Å²) in [5, 5.41) is 198. The maximum Gasteiger partial charge on any atom is 0.186 e. The monoisotopic (exact) mass is 1030 g/mol. The summed E-state index contributed by atoms with van der Waals surface area (Å²) in [4.78, 5) is 1.79. The molecule has 0 amide bonds. The molecule has 0 radical (unpaired) electrons. The molecule has 5 rings (SSSR count). The molecule has 5 aliphatic rings. The Morgan fingerprint density at radius 1 is 0.400 bits per heavy atom. The molecule has 28 atom stereocenters. The van der Waals surface area contributed by atoms with Gasteiger partial charge < -0.3 is 155 Å². The molecule has 0 bridgehead atoms. The summed E-state index contributed by atoms with van der Waals surface area (Å²) in [6.07, 6.45) is -49.8. The summed E-state index contributed by atoms with van der Waals surface area (Å²) >= 11 is 0. The van der Waals surface area contributed by atoms with Gasteiger partial charge in [-0.1, -0.05) is 0 Å². The van der Waals surface area contributed by atoms with Gasteiger partial charge in [-0.2, -0.15) is 0 Å². The Kier molecular flexibility index (Phi) is 23.0. The third-order valence-electron chi connectivity index (χ3n) is 12.8. The lowest BCUT2D eigenvalue weighted by Crippen LogP contribution is -2.63. The standard InChI is InChI=1S/C39H72N2O29/c1-41(5-3-40)4-2-12(43)19(45)13(44)7-61-35-31(57)26(52)21(47)15(67-35)9-63-37-33(59)28(54)23(49)17(69-37)11-65-39-34(60)29(55)24(50)18(70-39)10-64-38-32(58)27(53)22(48)16(68-38)8-62-36-30(56)25(51)20(46)14(6-42)66-36/h12-39,42-60H,2-11,40H2,1H3/t12-,13?,14?,15?,16-,17-,18?,19+,20-,21-,22?,23?,24-,25?,26?,27+,28+,29?,30-,31-,32?,33?,34-,35?,36?,37-,38-,39?/m1/s1. The largest absolute Gasteiger partial charge is 0.394 e. The van der Waals surface area contributed by atoms with Gasteiger partial charge in [0.2, 0.25) is 0 Å². The maximum absolute atomic E-state index is 10.7. The summed E-state index contributed by atoms with van der Waals surface area (Å²) in [7, 11) is 1.74. The highest BCUT2D eigenvalue weighted by molar-refractivity contribution is 4.95. The number of likely N-dealkylation sites (N-methyl/N-ethyl adjacent to an activating group) is 1. The van der Waals surface area contributed by atoms with Crippen molar-refractivity contribution in [1.29, 1.82) is 0 Å². The van der Waals surface area contributed by atoms with E-state index in [4.69, 9.17) is 53.1 Å². The Balaban J connectivity index is 1.12. The summed E-state index contributed by atoms with van der Waals surface area (Å²) in [5.74, 6) is 0. The SMILES string of the molecule is CN(CCN)CC[C@@H](O)[C@H](O)C(O)COC1OC(CO[C@@H]2O[C@H](COC3OC(CO[C@@H]4O[C@H](COC5OC(CO)[C@@H](O)C(O)[C@H]5O)C(O)[C@H](O)C4O)[C@@H](O)C(O)[C@H]3O)C(O)[C@H](O)C2O)[C@@H](O)C(O)[C@H]1O. The number of hydrogen-bond acceptors (Lipinski definition) is 31. The van der Waals surface area contributed by atoms with Crippen molar-refractivity contribution in [3.05, 3.63) is 0 Å². The van der Waals surface area contributed by atoms with Crippen LogP contribution in [0.3, 0.4) is 0 Å². The van der Waals surface area contributed by atoms with E-state index in [1.54, 1.807) is 11.9 Å². The molecule has 31 heteroatoms. The number of aliphatic hydroxyl groups is 19. The molecule has 14 unspecified atom stereocenters. The van der Waals surface area contributed by atoms with E-state index in [2.05, 4.69) is 0 Å². The van der Waals surface area contributed by atoms with Crippen LogP contribution in [0.5, 0.6) is 0 Å². The first-order valence-electron chi connectivity index (χ1n) is 22.6. The minimum Gasteiger partial charge on any atom is -0.394 e. The molecule has 0 aliphatic carbocycles. The van der Waals surface area contributed by atoms with E-state index >= 15 is 0 Å². The molecule has 0 aromatic carbocycles. The third kappa shape index (κ3) is 14.4. The van der Waals surface area contributed by atoms with Crippen molar-refractivity contribution in [2.24, 2.45) is 5.73 Å². The van der Waals surface area contributed by atoms with Gasteiger partial charge in [-0.15, -0.1) is 0 Å². The van der Waals surface area contributed by atoms with Crippen LogP contribution in [0, 0.1) is 0 Å². The van der Waals surface area contributed by atoms with Gasteiger partial charge in [0.15, 0.2) is 31.5 Å². The third-order valence-corrected chi connectivity index (χ3v) is 12.8. The van der Waals surface area contributed by atoms with E-state index in [9.17, 15) is 97.0 Å². The van der Waals surface area contributed by atoms with Gasteiger partial charge in [0.25, 0.3) is 0 Å². The second-order valence-electron chi connectivity index (χ2n) is 17.9. The summed E-state index contributed by atoms with van der Waals surface area (Å²) in [6, 6.07) is 0. The molecule has 31 nitrogen and oxygen atoms in total. The predicted molar refractivity (Wildman–Crippen MR) is 219 cm³/mol. The Bertz CT molecular complexity index is 1520. The minimum atomic E-state index is -2.00. The lowest BCUT2D eigenvalue weighted by molar-refractivity contribution is -0.351. The Morgan fingerprint density at radius 3 is 0.986 bits per heavy atom. The average Bonchev–Trinajstić information content (AvgIpc) is 3.34. The van der Waals surface area contributed by atoms with Crippen LogP contribution in [0.25, 0.3) is 0 Å². The molecule has 5 fully saturated rings. The van der Waals surface area contributed by atoms with E-state index in [1.807, 2.05) is 0 Å². The molecule has 0 aromatic rings. The first-order valence-corrected chi connectivity index (χ1v) is 22.6. The molecular weight excluding hydrogens is 960 g/mol. The van der Waals surface area contributed by atoms with Crippen LogP contribution in [0.4, 0.5) is 0 Å². The van der Waals surface area contributed by atoms with Crippen molar-refractivity contribution in [3.8, 4) is 0 Å². The number of aliphatic hydroxyl groups excluding tert-OH is 19. The van der Waals surface area contributed by atoms with Gasteiger partial charge in [-0.05, 0) is 13.5 Å². The van der Waals surface area contributed by atoms with Crippen LogP contribution in [-0.2, 0) is 47.4 Å². The molecule has 0 aromatic heterocycles. The fourth-order valence-corrected chi connectivity index (χ4v) is 8.14. The second kappa shape index (κ2) is 27.0. The summed E-state index contributed by atoms with van der Waals surface area (Å²) < 4.78 is 54.9. The highest BCUT2D eigenvalue weighted by atomic mass is 16.8. The van der Waals surface area contributed by atoms with Crippen molar-refractivity contribution in [2.75, 3.05) is 66.3 Å². The predicted octanol–water partition coefficient (Wildman–Crippen LogP) is -13.5. The van der Waals surface area contributed by atoms with Gasteiger partial charge in [0, 0.05) is 19.6 Å². The lowest BCUT2D eigenvalue weighted by atomic mass is 9.97. The maximum atomic E-state index is 10.7. The van der Waals surface area contributed by atoms with Crippen molar-refractivity contribution in [1.82, 2.24) is 4.90 Å². The van der Waals surface area contributed by atoms with Crippen LogP contribution >= 0.6 is 0 Å². The van der Waals surface area contributed by atoms with Gasteiger partial charge in [0.05, 0.1) is 45.7 Å². The van der Waals surface area contributed by atoms with E-state index in [1.165, 1.54) is 0 Å². The first-order chi connectivity index (χ1) is 33.0. The molecule has 21 N–H and O–H groups in total. The zero-order valence-electron chi connectivity index (χ0n) is 37.8. The lowest BCUT2D eigenvalue weighted by Gasteiger charge is -2.44. The first kappa shape index (κ1) is 59.6. The second-order valence-corrected chi connectivity index (χ2v) is 17.9. The Hall–Kier alpha value is -1.24. The van der Waals surface area contributed by atoms with Gasteiger partial charge in [-0.25, -0.2) is 0 Å². The molecule has 5 heterocycles. The fraction of sp³-hybridized carbons (Fsp3) is 1.00. The normalized spacial score (nSPS) is 46.5. The van der Waals surface area contributed by atoms with Crippen LogP contribution in [0.2, 0.25) is 0 Å². The van der Waals surface area contributed by atoms with Crippen molar-refractivity contribution < 1.29 is 144 Å². The Labute approximate surface area is 399 Å². The highest BCUT2D eigenvalue weighted by Crippen LogP contribution is 2.31. The molecule has 412 valence electrons. The van der Waals surface area contributed by atoms with E-state index in [-0.39, 0.29) is 6.42 Å². The number of hydrogen-bond donors (Lipinski definition) is 20. The van der Waals surface area contributed by atoms with Crippen LogP contribution in [-0.4, -0.2) is 340 Å². The minimum absolute atomic E-state index is 0.0579. The van der Waals surface area contributed by atoms with E-state index in [0.717, 1.165) is 0 Å². The zero-order chi connectivity index (χ0) is 51.9. The number of nitrogens with two attached hydrogens (primary N) is 1. The van der Waals surface area contributed by atoms with Crippen molar-refractivity contribution in [2.45, 2.75) is 178 Å². The van der Waals surface area contributed by atoms with Crippen LogP contribution in [0.15, 0.2) is 0 Å². The molecule has 5 aliphatic heterocycles. The average molecular weight is 1030 g/mol. The van der Waals surface area contributed by atoms with Crippen molar-refractivity contribution >= 4 is 0 Å². The quantitative estimate of drug-likeness (QED) is 0.0452. The van der Waals surface area contributed by atoms with E-state index < -0.39 is 211 Å². The smallest absolute Gasteiger partial charge is 0.186 e. The fourth-order valence-electron chi connectivity index (χ4n) is 8.14. The zero-order valence-corrected chi connectivity index (χ0v) is 37.8.